The Morgan fingerprint density at radius 2 is 1.93 bits per heavy atom. The second-order valence-corrected chi connectivity index (χ2v) is 8.79. The Labute approximate surface area is 165 Å². The number of carboxylic acids is 2. The number of β-lactam (4-membered cyclic amide) rings is 1. The molecule has 0 saturated carbocycles. The summed E-state index contributed by atoms with van der Waals surface area (Å²) in [5.74, 6) is -3.88. The van der Waals surface area contributed by atoms with Crippen molar-refractivity contribution in [1.82, 2.24) is 10.2 Å². The molecule has 0 aromatic heterocycles. The van der Waals surface area contributed by atoms with Crippen LogP contribution in [0.15, 0.2) is 10.6 Å². The number of thioether (sulfide) groups is 1. The summed E-state index contributed by atoms with van der Waals surface area (Å²) in [6.07, 6.45) is -1.59. The van der Waals surface area contributed by atoms with E-state index in [-0.39, 0.29) is 17.9 Å². The summed E-state index contributed by atoms with van der Waals surface area (Å²) >= 11 is 0.952. The second-order valence-electron chi connectivity index (χ2n) is 7.67. The number of rotatable bonds is 7. The van der Waals surface area contributed by atoms with Gasteiger partial charge in [-0.25, -0.2) is 14.4 Å². The van der Waals surface area contributed by atoms with Crippen molar-refractivity contribution >= 4 is 35.7 Å². The van der Waals surface area contributed by atoms with Crippen LogP contribution in [0.25, 0.3) is 0 Å². The van der Waals surface area contributed by atoms with Crippen molar-refractivity contribution in [2.45, 2.75) is 57.9 Å². The van der Waals surface area contributed by atoms with Gasteiger partial charge in [0.2, 0.25) is 5.91 Å². The fourth-order valence-corrected chi connectivity index (χ4v) is 4.37. The number of aliphatic hydroxyl groups is 1. The number of fused-ring (bicyclic) bond motifs is 1. The summed E-state index contributed by atoms with van der Waals surface area (Å²) in [5, 5.41) is 30.8. The minimum Gasteiger partial charge on any atom is -0.480 e. The summed E-state index contributed by atoms with van der Waals surface area (Å²) in [6, 6.07) is -1.76. The van der Waals surface area contributed by atoms with Crippen LogP contribution in [0, 0.1) is 5.92 Å². The SMILES string of the molecule is CC(O)[C@H]1C(=O)N2C(C(=O)O)=C(SC[C@H](NC(=O)OC(C)(C)C)C(=O)O)C[C@H]12. The average Bonchev–Trinajstić information content (AvgIpc) is 2.83. The van der Waals surface area contributed by atoms with Crippen molar-refractivity contribution in [2.75, 3.05) is 5.75 Å². The highest BCUT2D eigenvalue weighted by Gasteiger charge is 2.56. The third-order valence-electron chi connectivity index (χ3n) is 4.30. The normalized spacial score (nSPS) is 23.6. The molecule has 0 aromatic carbocycles. The summed E-state index contributed by atoms with van der Waals surface area (Å²) in [6.45, 7) is 6.38. The van der Waals surface area contributed by atoms with Gasteiger partial charge in [0.05, 0.1) is 18.1 Å². The van der Waals surface area contributed by atoms with E-state index in [1.807, 2.05) is 0 Å². The van der Waals surface area contributed by atoms with E-state index in [9.17, 15) is 34.5 Å². The zero-order valence-corrected chi connectivity index (χ0v) is 16.8. The van der Waals surface area contributed by atoms with Crippen LogP contribution in [0.2, 0.25) is 0 Å². The van der Waals surface area contributed by atoms with Crippen LogP contribution in [0.3, 0.4) is 0 Å². The molecule has 1 unspecified atom stereocenters. The maximum atomic E-state index is 12.2. The van der Waals surface area contributed by atoms with E-state index >= 15 is 0 Å². The zero-order valence-electron chi connectivity index (χ0n) is 16.0. The van der Waals surface area contributed by atoms with Gasteiger partial charge in [-0.3, -0.25) is 4.79 Å². The number of alkyl carbamates (subject to hydrolysis) is 1. The van der Waals surface area contributed by atoms with Crippen LogP contribution in [-0.2, 0) is 19.1 Å². The highest BCUT2D eigenvalue weighted by atomic mass is 32.2. The van der Waals surface area contributed by atoms with Crippen molar-refractivity contribution in [3.63, 3.8) is 0 Å². The topological polar surface area (TPSA) is 153 Å². The number of carbonyl (C=O) groups excluding carboxylic acids is 2. The Hall–Kier alpha value is -2.27. The van der Waals surface area contributed by atoms with E-state index in [0.29, 0.717) is 4.91 Å². The number of carboxylic acid groups (broad SMARTS) is 2. The van der Waals surface area contributed by atoms with Gasteiger partial charge in [0, 0.05) is 17.1 Å². The van der Waals surface area contributed by atoms with E-state index < -0.39 is 53.6 Å². The van der Waals surface area contributed by atoms with E-state index in [0.717, 1.165) is 16.7 Å². The monoisotopic (exact) mass is 416 g/mol. The van der Waals surface area contributed by atoms with Crippen molar-refractivity contribution in [3.8, 4) is 0 Å². The smallest absolute Gasteiger partial charge is 0.408 e. The Kier molecular flexibility index (Phi) is 6.29. The van der Waals surface area contributed by atoms with Gasteiger partial charge in [-0.2, -0.15) is 0 Å². The van der Waals surface area contributed by atoms with Gasteiger partial charge < -0.3 is 30.3 Å². The highest BCUT2D eigenvalue weighted by molar-refractivity contribution is 8.03. The lowest BCUT2D eigenvalue weighted by Crippen LogP contribution is -2.61. The van der Waals surface area contributed by atoms with Crippen molar-refractivity contribution in [1.29, 1.82) is 0 Å². The Morgan fingerprint density at radius 3 is 2.39 bits per heavy atom. The largest absolute Gasteiger partial charge is 0.480 e. The molecule has 4 N–H and O–H groups in total. The molecule has 1 saturated heterocycles. The van der Waals surface area contributed by atoms with Crippen LogP contribution in [0.5, 0.6) is 0 Å². The molecule has 0 spiro atoms. The van der Waals surface area contributed by atoms with Crippen LogP contribution >= 0.6 is 11.8 Å². The number of aliphatic hydroxyl groups excluding tert-OH is 1. The predicted molar refractivity (Wildman–Crippen MR) is 98.3 cm³/mol. The van der Waals surface area contributed by atoms with Crippen LogP contribution < -0.4 is 5.32 Å². The van der Waals surface area contributed by atoms with Crippen molar-refractivity contribution in [3.05, 3.63) is 10.6 Å². The molecular formula is C17H24N2O8S. The van der Waals surface area contributed by atoms with Gasteiger partial charge in [0.15, 0.2) is 0 Å². The molecule has 156 valence electrons. The highest BCUT2D eigenvalue weighted by Crippen LogP contribution is 2.47. The number of amides is 2. The van der Waals surface area contributed by atoms with E-state index in [4.69, 9.17) is 4.74 Å². The summed E-state index contributed by atoms with van der Waals surface area (Å²) in [7, 11) is 0. The number of ether oxygens (including phenoxy) is 1. The molecule has 11 heteroatoms. The second kappa shape index (κ2) is 8.00. The minimum atomic E-state index is -1.31. The molecule has 28 heavy (non-hydrogen) atoms. The molecule has 0 radical (unpaired) electrons. The quantitative estimate of drug-likeness (QED) is 0.437. The lowest BCUT2D eigenvalue weighted by molar-refractivity contribution is -0.161. The third kappa shape index (κ3) is 4.58. The van der Waals surface area contributed by atoms with Crippen LogP contribution in [-0.4, -0.2) is 73.7 Å². The molecular weight excluding hydrogens is 392 g/mol. The van der Waals surface area contributed by atoms with E-state index in [2.05, 4.69) is 5.32 Å². The molecule has 2 amide bonds. The first-order valence-electron chi connectivity index (χ1n) is 8.66. The standard InChI is InChI=1S/C17H24N2O8S/c1-7(20)11-9-5-10(12(15(24)25)19(9)13(11)21)28-6-8(14(22)23)18-16(26)27-17(2,3)4/h7-9,11,20H,5-6H2,1-4H3,(H,18,26)(H,22,23)(H,24,25)/t7?,8-,9+,11+/m0/s1. The Balaban J connectivity index is 2.08. The minimum absolute atomic E-state index is 0.144. The zero-order chi connectivity index (χ0) is 21.4. The number of hydrogen-bond acceptors (Lipinski definition) is 7. The van der Waals surface area contributed by atoms with E-state index in [1.54, 1.807) is 20.8 Å². The average molecular weight is 416 g/mol. The molecule has 0 bridgehead atoms. The Bertz CT molecular complexity index is 727. The molecule has 10 nitrogen and oxygen atoms in total. The first-order chi connectivity index (χ1) is 12.8. The number of carbonyl (C=O) groups is 4. The van der Waals surface area contributed by atoms with Gasteiger partial charge in [-0.05, 0) is 27.7 Å². The van der Waals surface area contributed by atoms with Gasteiger partial charge in [-0.15, -0.1) is 11.8 Å². The predicted octanol–water partition coefficient (Wildman–Crippen LogP) is 0.605. The molecule has 0 aromatic rings. The molecule has 1 fully saturated rings. The van der Waals surface area contributed by atoms with Gasteiger partial charge in [-0.1, -0.05) is 0 Å². The molecule has 0 aliphatic carbocycles. The number of hydrogen-bond donors (Lipinski definition) is 4. The third-order valence-corrected chi connectivity index (χ3v) is 5.51. The summed E-state index contributed by atoms with van der Waals surface area (Å²) in [5.41, 5.74) is -0.994. The van der Waals surface area contributed by atoms with Gasteiger partial charge >= 0.3 is 18.0 Å². The molecule has 2 heterocycles. The lowest BCUT2D eigenvalue weighted by Gasteiger charge is -2.44. The van der Waals surface area contributed by atoms with Crippen molar-refractivity contribution in [2.24, 2.45) is 5.92 Å². The Morgan fingerprint density at radius 1 is 1.32 bits per heavy atom. The maximum absolute atomic E-state index is 12.2. The first-order valence-corrected chi connectivity index (χ1v) is 9.64. The fraction of sp³-hybridized carbons (Fsp3) is 0.647. The molecule has 4 atom stereocenters. The summed E-state index contributed by atoms with van der Waals surface area (Å²) in [4.78, 5) is 48.5. The number of nitrogens with zero attached hydrogens (tertiary/aromatic N) is 1. The molecule has 2 aliphatic heterocycles. The molecule has 2 aliphatic rings. The van der Waals surface area contributed by atoms with Crippen molar-refractivity contribution < 1.29 is 39.2 Å². The number of aliphatic carboxylic acids is 2. The van der Waals surface area contributed by atoms with E-state index in [1.165, 1.54) is 6.92 Å². The van der Waals surface area contributed by atoms with Gasteiger partial charge in [0.1, 0.15) is 17.3 Å². The number of nitrogens with one attached hydrogen (secondary N) is 1. The maximum Gasteiger partial charge on any atom is 0.408 e. The van der Waals surface area contributed by atoms with Crippen LogP contribution in [0.1, 0.15) is 34.1 Å². The lowest BCUT2D eigenvalue weighted by atomic mass is 9.83. The first kappa shape index (κ1) is 22.0. The van der Waals surface area contributed by atoms with Crippen LogP contribution in [0.4, 0.5) is 4.79 Å². The van der Waals surface area contributed by atoms with Gasteiger partial charge in [0.25, 0.3) is 0 Å². The molecule has 2 rings (SSSR count). The summed E-state index contributed by atoms with van der Waals surface area (Å²) < 4.78 is 5.04. The fourth-order valence-electron chi connectivity index (χ4n) is 3.17.